The van der Waals surface area contributed by atoms with Crippen molar-refractivity contribution in [2.75, 3.05) is 13.2 Å². The van der Waals surface area contributed by atoms with Crippen LogP contribution in [0.4, 0.5) is 0 Å². The second-order valence-electron chi connectivity index (χ2n) is 5.84. The Kier molecular flexibility index (Phi) is 5.97. The molecule has 0 aromatic carbocycles. The zero-order valence-corrected chi connectivity index (χ0v) is 12.7. The standard InChI is InChI=1S/C14H27N3O2/c1-6-13-11(9-17(5)16-13)7-15-8-12(18)10-19-14(2,3)4/h9,12,15,18H,6-8,10H2,1-5H3. The molecule has 0 saturated heterocycles. The lowest BCUT2D eigenvalue weighted by Crippen LogP contribution is -2.33. The smallest absolute Gasteiger partial charge is 0.0898 e. The molecule has 0 aliphatic carbocycles. The van der Waals surface area contributed by atoms with Crippen molar-refractivity contribution < 1.29 is 9.84 Å². The van der Waals surface area contributed by atoms with E-state index in [2.05, 4.69) is 17.3 Å². The van der Waals surface area contributed by atoms with Crippen LogP contribution in [0, 0.1) is 0 Å². The lowest BCUT2D eigenvalue weighted by Gasteiger charge is -2.22. The first-order valence-corrected chi connectivity index (χ1v) is 6.86. The van der Waals surface area contributed by atoms with Gasteiger partial charge in [0.2, 0.25) is 0 Å². The second-order valence-corrected chi connectivity index (χ2v) is 5.84. The fraction of sp³-hybridized carbons (Fsp3) is 0.786. The van der Waals surface area contributed by atoms with Crippen LogP contribution in [0.15, 0.2) is 6.20 Å². The number of aliphatic hydroxyl groups excluding tert-OH is 1. The largest absolute Gasteiger partial charge is 0.389 e. The Balaban J connectivity index is 2.29. The van der Waals surface area contributed by atoms with Gasteiger partial charge in [0.1, 0.15) is 0 Å². The minimum atomic E-state index is -0.485. The highest BCUT2D eigenvalue weighted by atomic mass is 16.5. The summed E-state index contributed by atoms with van der Waals surface area (Å²) in [5.41, 5.74) is 2.09. The van der Waals surface area contributed by atoms with Crippen molar-refractivity contribution in [3.8, 4) is 0 Å². The third-order valence-corrected chi connectivity index (χ3v) is 2.73. The maximum absolute atomic E-state index is 9.81. The van der Waals surface area contributed by atoms with Crippen molar-refractivity contribution in [1.82, 2.24) is 15.1 Å². The van der Waals surface area contributed by atoms with E-state index in [-0.39, 0.29) is 5.60 Å². The van der Waals surface area contributed by atoms with Crippen LogP contribution >= 0.6 is 0 Å². The molecule has 0 saturated carbocycles. The predicted octanol–water partition coefficient (Wildman–Crippen LogP) is 1.25. The van der Waals surface area contributed by atoms with Crippen LogP contribution in [-0.4, -0.2) is 39.7 Å². The van der Waals surface area contributed by atoms with E-state index in [1.165, 1.54) is 5.56 Å². The van der Waals surface area contributed by atoms with Gasteiger partial charge in [0.25, 0.3) is 0 Å². The van der Waals surface area contributed by atoms with Crippen LogP contribution in [0.1, 0.15) is 39.0 Å². The molecule has 19 heavy (non-hydrogen) atoms. The van der Waals surface area contributed by atoms with Gasteiger partial charge in [-0.05, 0) is 27.2 Å². The van der Waals surface area contributed by atoms with Crippen LogP contribution < -0.4 is 5.32 Å². The summed E-state index contributed by atoms with van der Waals surface area (Å²) in [5, 5.41) is 17.4. The number of rotatable bonds is 7. The monoisotopic (exact) mass is 269 g/mol. The van der Waals surface area contributed by atoms with E-state index in [1.54, 1.807) is 0 Å². The summed E-state index contributed by atoms with van der Waals surface area (Å²) in [6.45, 7) is 9.64. The highest BCUT2D eigenvalue weighted by Crippen LogP contribution is 2.08. The second kappa shape index (κ2) is 7.03. The molecule has 0 bridgehead atoms. The number of hydrogen-bond donors (Lipinski definition) is 2. The third kappa shape index (κ3) is 6.18. The zero-order chi connectivity index (χ0) is 14.5. The zero-order valence-electron chi connectivity index (χ0n) is 12.7. The molecule has 0 spiro atoms. The summed E-state index contributed by atoms with van der Waals surface area (Å²) in [6, 6.07) is 0. The number of aliphatic hydroxyl groups is 1. The summed E-state index contributed by atoms with van der Waals surface area (Å²) >= 11 is 0. The molecular formula is C14H27N3O2. The molecule has 1 aromatic rings. The first-order valence-electron chi connectivity index (χ1n) is 6.86. The molecule has 0 aliphatic rings. The first-order chi connectivity index (χ1) is 8.81. The molecule has 110 valence electrons. The normalized spacial score (nSPS) is 13.8. The van der Waals surface area contributed by atoms with Crippen LogP contribution in [-0.2, 0) is 24.8 Å². The molecule has 1 atom stereocenters. The SMILES string of the molecule is CCc1nn(C)cc1CNCC(O)COC(C)(C)C. The molecule has 5 nitrogen and oxygen atoms in total. The summed E-state index contributed by atoms with van der Waals surface area (Å²) in [5.74, 6) is 0. The number of aryl methyl sites for hydroxylation is 2. The predicted molar refractivity (Wildman–Crippen MR) is 76.0 cm³/mol. The summed E-state index contributed by atoms with van der Waals surface area (Å²) in [4.78, 5) is 0. The van der Waals surface area contributed by atoms with Crippen LogP contribution in [0.2, 0.25) is 0 Å². The van der Waals surface area contributed by atoms with Gasteiger partial charge in [-0.3, -0.25) is 4.68 Å². The molecular weight excluding hydrogens is 242 g/mol. The molecule has 1 unspecified atom stereocenters. The highest BCUT2D eigenvalue weighted by molar-refractivity contribution is 5.16. The van der Waals surface area contributed by atoms with Gasteiger partial charge in [-0.25, -0.2) is 0 Å². The Labute approximate surface area is 116 Å². The van der Waals surface area contributed by atoms with E-state index in [9.17, 15) is 5.11 Å². The number of ether oxygens (including phenoxy) is 1. The van der Waals surface area contributed by atoms with Gasteiger partial charge in [0.05, 0.1) is 24.0 Å². The average Bonchev–Trinajstić information content (AvgIpc) is 2.66. The molecule has 1 heterocycles. The Morgan fingerprint density at radius 3 is 2.74 bits per heavy atom. The van der Waals surface area contributed by atoms with Gasteiger partial charge >= 0.3 is 0 Å². The molecule has 0 amide bonds. The minimum absolute atomic E-state index is 0.209. The number of nitrogens with zero attached hydrogens (tertiary/aromatic N) is 2. The molecule has 2 N–H and O–H groups in total. The van der Waals surface area contributed by atoms with Gasteiger partial charge < -0.3 is 15.2 Å². The highest BCUT2D eigenvalue weighted by Gasteiger charge is 2.13. The fourth-order valence-corrected chi connectivity index (χ4v) is 1.81. The number of hydrogen-bond acceptors (Lipinski definition) is 4. The summed E-state index contributed by atoms with van der Waals surface area (Å²) in [6.07, 6.45) is 2.46. The van der Waals surface area contributed by atoms with E-state index >= 15 is 0 Å². The van der Waals surface area contributed by atoms with Crippen molar-refractivity contribution in [3.63, 3.8) is 0 Å². The lowest BCUT2D eigenvalue weighted by atomic mass is 10.2. The van der Waals surface area contributed by atoms with Gasteiger partial charge in [-0.2, -0.15) is 5.10 Å². The van der Waals surface area contributed by atoms with Crippen molar-refractivity contribution in [1.29, 1.82) is 0 Å². The molecule has 1 rings (SSSR count). The van der Waals surface area contributed by atoms with Crippen LogP contribution in [0.3, 0.4) is 0 Å². The van der Waals surface area contributed by atoms with Crippen LogP contribution in [0.25, 0.3) is 0 Å². The van der Waals surface area contributed by atoms with Gasteiger partial charge in [-0.1, -0.05) is 6.92 Å². The number of nitrogens with one attached hydrogen (secondary N) is 1. The molecule has 0 aliphatic heterocycles. The van der Waals surface area contributed by atoms with Crippen molar-refractivity contribution in [2.24, 2.45) is 7.05 Å². The maximum Gasteiger partial charge on any atom is 0.0898 e. The Morgan fingerprint density at radius 2 is 2.16 bits per heavy atom. The summed E-state index contributed by atoms with van der Waals surface area (Å²) in [7, 11) is 1.93. The first kappa shape index (κ1) is 16.1. The van der Waals surface area contributed by atoms with E-state index < -0.39 is 6.10 Å². The Morgan fingerprint density at radius 1 is 1.47 bits per heavy atom. The van der Waals surface area contributed by atoms with Crippen LogP contribution in [0.5, 0.6) is 0 Å². The maximum atomic E-state index is 9.81. The molecule has 5 heteroatoms. The Bertz CT molecular complexity index is 383. The molecule has 0 fully saturated rings. The summed E-state index contributed by atoms with van der Waals surface area (Å²) < 4.78 is 7.36. The van der Waals surface area contributed by atoms with E-state index in [4.69, 9.17) is 4.74 Å². The van der Waals surface area contributed by atoms with E-state index in [0.717, 1.165) is 18.7 Å². The van der Waals surface area contributed by atoms with Gasteiger partial charge in [0, 0.05) is 31.9 Å². The fourth-order valence-electron chi connectivity index (χ4n) is 1.81. The van der Waals surface area contributed by atoms with Crippen molar-refractivity contribution >= 4 is 0 Å². The Hall–Kier alpha value is -0.910. The van der Waals surface area contributed by atoms with Crippen molar-refractivity contribution in [3.05, 3.63) is 17.5 Å². The lowest BCUT2D eigenvalue weighted by molar-refractivity contribution is -0.0479. The average molecular weight is 269 g/mol. The van der Waals surface area contributed by atoms with Crippen molar-refractivity contribution in [2.45, 2.75) is 52.4 Å². The molecule has 0 radical (unpaired) electrons. The third-order valence-electron chi connectivity index (χ3n) is 2.73. The molecule has 1 aromatic heterocycles. The topological polar surface area (TPSA) is 59.3 Å². The minimum Gasteiger partial charge on any atom is -0.389 e. The van der Waals surface area contributed by atoms with E-state index in [0.29, 0.717) is 13.2 Å². The quantitative estimate of drug-likeness (QED) is 0.782. The van der Waals surface area contributed by atoms with Gasteiger partial charge in [0.15, 0.2) is 0 Å². The van der Waals surface area contributed by atoms with E-state index in [1.807, 2.05) is 38.7 Å². The van der Waals surface area contributed by atoms with Gasteiger partial charge in [-0.15, -0.1) is 0 Å². The number of aromatic nitrogens is 2.